The fraction of sp³-hybridized carbons (Fsp3) is 0.0769. The lowest BCUT2D eigenvalue weighted by molar-refractivity contribution is 0.798. The maximum atomic E-state index is 5.82. The molecule has 1 aromatic carbocycles. The SMILES string of the molecule is Cn1nc(-c2nc3ncnc(N)c3[nH]2)c2ccccc21. The molecular formula is C13H11N7. The van der Waals surface area contributed by atoms with Crippen molar-refractivity contribution >= 4 is 27.9 Å². The van der Waals surface area contributed by atoms with E-state index in [2.05, 4.69) is 25.0 Å². The van der Waals surface area contributed by atoms with Crippen molar-refractivity contribution in [1.82, 2.24) is 29.7 Å². The molecule has 0 saturated carbocycles. The van der Waals surface area contributed by atoms with Crippen molar-refractivity contribution in [2.24, 2.45) is 7.05 Å². The summed E-state index contributed by atoms with van der Waals surface area (Å²) >= 11 is 0. The molecule has 0 aliphatic rings. The number of nitrogens with two attached hydrogens (primary N) is 1. The number of fused-ring (bicyclic) bond motifs is 2. The van der Waals surface area contributed by atoms with Gasteiger partial charge in [-0.05, 0) is 6.07 Å². The van der Waals surface area contributed by atoms with Crippen LogP contribution < -0.4 is 5.73 Å². The van der Waals surface area contributed by atoms with Crippen LogP contribution in [0.4, 0.5) is 5.82 Å². The molecule has 0 aliphatic heterocycles. The van der Waals surface area contributed by atoms with Gasteiger partial charge in [-0.15, -0.1) is 0 Å². The predicted octanol–water partition coefficient (Wildman–Crippen LogP) is 1.49. The Bertz CT molecular complexity index is 934. The quantitative estimate of drug-likeness (QED) is 0.543. The second-order valence-corrected chi connectivity index (χ2v) is 4.53. The Labute approximate surface area is 113 Å². The highest BCUT2D eigenvalue weighted by Crippen LogP contribution is 2.27. The lowest BCUT2D eigenvalue weighted by Gasteiger charge is -1.91. The van der Waals surface area contributed by atoms with E-state index in [-0.39, 0.29) is 0 Å². The van der Waals surface area contributed by atoms with Crippen molar-refractivity contribution in [1.29, 1.82) is 0 Å². The third-order valence-corrected chi connectivity index (χ3v) is 3.30. The molecule has 3 heterocycles. The number of aromatic amines is 1. The number of hydrogen-bond acceptors (Lipinski definition) is 5. The first-order valence-corrected chi connectivity index (χ1v) is 6.12. The van der Waals surface area contributed by atoms with E-state index >= 15 is 0 Å². The van der Waals surface area contributed by atoms with Crippen molar-refractivity contribution in [2.45, 2.75) is 0 Å². The van der Waals surface area contributed by atoms with Crippen LogP contribution in [-0.2, 0) is 7.05 Å². The minimum Gasteiger partial charge on any atom is -0.382 e. The summed E-state index contributed by atoms with van der Waals surface area (Å²) in [5.74, 6) is 1.03. The number of imidazole rings is 1. The Morgan fingerprint density at radius 3 is 2.90 bits per heavy atom. The molecule has 7 nitrogen and oxygen atoms in total. The zero-order chi connectivity index (χ0) is 13.7. The molecule has 0 radical (unpaired) electrons. The van der Waals surface area contributed by atoms with Crippen LogP contribution in [0, 0.1) is 0 Å². The van der Waals surface area contributed by atoms with E-state index in [1.54, 1.807) is 0 Å². The highest BCUT2D eigenvalue weighted by molar-refractivity contribution is 5.94. The molecule has 4 aromatic rings. The fourth-order valence-corrected chi connectivity index (χ4v) is 2.35. The van der Waals surface area contributed by atoms with Crippen LogP contribution in [0.5, 0.6) is 0 Å². The van der Waals surface area contributed by atoms with Crippen LogP contribution in [0.3, 0.4) is 0 Å². The van der Waals surface area contributed by atoms with Crippen LogP contribution >= 0.6 is 0 Å². The van der Waals surface area contributed by atoms with Gasteiger partial charge in [-0.1, -0.05) is 18.2 Å². The number of para-hydroxylation sites is 1. The minimum atomic E-state index is 0.383. The van der Waals surface area contributed by atoms with Crippen molar-refractivity contribution in [3.05, 3.63) is 30.6 Å². The zero-order valence-corrected chi connectivity index (χ0v) is 10.7. The number of nitrogens with one attached hydrogen (secondary N) is 1. The van der Waals surface area contributed by atoms with E-state index in [4.69, 9.17) is 5.73 Å². The monoisotopic (exact) mass is 265 g/mol. The van der Waals surface area contributed by atoms with Gasteiger partial charge in [0.2, 0.25) is 0 Å². The molecule has 3 aromatic heterocycles. The zero-order valence-electron chi connectivity index (χ0n) is 10.7. The topological polar surface area (TPSA) is 98.3 Å². The second-order valence-electron chi connectivity index (χ2n) is 4.53. The molecule has 3 N–H and O–H groups in total. The number of hydrogen-bond donors (Lipinski definition) is 2. The lowest BCUT2D eigenvalue weighted by Crippen LogP contribution is -1.91. The smallest absolute Gasteiger partial charge is 0.183 e. The number of H-pyrrole nitrogens is 1. The Kier molecular flexibility index (Phi) is 2.06. The number of aryl methyl sites for hydroxylation is 1. The average molecular weight is 265 g/mol. The Balaban J connectivity index is 2.04. The minimum absolute atomic E-state index is 0.383. The molecule has 4 rings (SSSR count). The van der Waals surface area contributed by atoms with Gasteiger partial charge in [-0.3, -0.25) is 4.68 Å². The number of aromatic nitrogens is 6. The van der Waals surface area contributed by atoms with Gasteiger partial charge in [0.25, 0.3) is 0 Å². The van der Waals surface area contributed by atoms with Gasteiger partial charge >= 0.3 is 0 Å². The third kappa shape index (κ3) is 1.40. The summed E-state index contributed by atoms with van der Waals surface area (Å²) in [6, 6.07) is 7.99. The van der Waals surface area contributed by atoms with Gasteiger partial charge in [0.15, 0.2) is 17.3 Å². The van der Waals surface area contributed by atoms with Gasteiger partial charge in [-0.2, -0.15) is 5.10 Å². The Morgan fingerprint density at radius 2 is 2.05 bits per heavy atom. The molecule has 0 fully saturated rings. The maximum Gasteiger partial charge on any atom is 0.183 e. The Morgan fingerprint density at radius 1 is 1.20 bits per heavy atom. The van der Waals surface area contributed by atoms with Gasteiger partial charge in [-0.25, -0.2) is 15.0 Å². The lowest BCUT2D eigenvalue weighted by atomic mass is 10.2. The second kappa shape index (κ2) is 3.77. The summed E-state index contributed by atoms with van der Waals surface area (Å²) in [4.78, 5) is 15.7. The summed E-state index contributed by atoms with van der Waals surface area (Å²) in [5, 5.41) is 5.55. The standard InChI is InChI=1S/C13H11N7/c1-20-8-5-3-2-4-7(8)9(19-20)13-17-10-11(14)15-6-16-12(10)18-13/h2-6H,1H3,(H3,14,15,16,17,18). The number of anilines is 1. The number of nitrogens with zero attached hydrogens (tertiary/aromatic N) is 5. The summed E-state index contributed by atoms with van der Waals surface area (Å²) in [6.07, 6.45) is 1.40. The van der Waals surface area contributed by atoms with Gasteiger partial charge in [0.05, 0.1) is 5.52 Å². The predicted molar refractivity (Wildman–Crippen MR) is 75.8 cm³/mol. The van der Waals surface area contributed by atoms with Crippen molar-refractivity contribution < 1.29 is 0 Å². The van der Waals surface area contributed by atoms with E-state index in [9.17, 15) is 0 Å². The van der Waals surface area contributed by atoms with Crippen LogP contribution in [0.1, 0.15) is 0 Å². The molecule has 7 heteroatoms. The average Bonchev–Trinajstić information content (AvgIpc) is 3.02. The van der Waals surface area contributed by atoms with E-state index in [0.29, 0.717) is 22.8 Å². The van der Waals surface area contributed by atoms with E-state index in [1.807, 2.05) is 36.0 Å². The van der Waals surface area contributed by atoms with Gasteiger partial charge in [0, 0.05) is 12.4 Å². The summed E-state index contributed by atoms with van der Waals surface area (Å²) in [7, 11) is 1.91. The molecule has 20 heavy (non-hydrogen) atoms. The summed E-state index contributed by atoms with van der Waals surface area (Å²) in [6.45, 7) is 0. The molecule has 0 saturated heterocycles. The van der Waals surface area contributed by atoms with Crippen LogP contribution in [0.25, 0.3) is 33.6 Å². The van der Waals surface area contributed by atoms with E-state index < -0.39 is 0 Å². The largest absolute Gasteiger partial charge is 0.382 e. The van der Waals surface area contributed by atoms with Gasteiger partial charge < -0.3 is 10.7 Å². The van der Waals surface area contributed by atoms with Crippen molar-refractivity contribution in [3.8, 4) is 11.5 Å². The van der Waals surface area contributed by atoms with Crippen LogP contribution in [-0.4, -0.2) is 29.7 Å². The van der Waals surface area contributed by atoms with Crippen molar-refractivity contribution in [3.63, 3.8) is 0 Å². The highest BCUT2D eigenvalue weighted by atomic mass is 15.3. The first kappa shape index (κ1) is 10.9. The number of benzene rings is 1. The molecule has 0 unspecified atom stereocenters. The molecule has 0 atom stereocenters. The van der Waals surface area contributed by atoms with E-state index in [0.717, 1.165) is 16.6 Å². The summed E-state index contributed by atoms with van der Waals surface area (Å²) < 4.78 is 1.83. The fourth-order valence-electron chi connectivity index (χ4n) is 2.35. The molecular weight excluding hydrogens is 254 g/mol. The summed E-state index contributed by atoms with van der Waals surface area (Å²) in [5.41, 5.74) is 8.82. The molecule has 0 amide bonds. The van der Waals surface area contributed by atoms with Crippen molar-refractivity contribution in [2.75, 3.05) is 5.73 Å². The van der Waals surface area contributed by atoms with Crippen LogP contribution in [0.15, 0.2) is 30.6 Å². The molecule has 0 aliphatic carbocycles. The third-order valence-electron chi connectivity index (χ3n) is 3.30. The van der Waals surface area contributed by atoms with Crippen LogP contribution in [0.2, 0.25) is 0 Å². The molecule has 0 bridgehead atoms. The first-order valence-electron chi connectivity index (χ1n) is 6.12. The normalized spacial score (nSPS) is 11.4. The maximum absolute atomic E-state index is 5.82. The number of nitrogen functional groups attached to an aromatic ring is 1. The first-order chi connectivity index (χ1) is 9.74. The van der Waals surface area contributed by atoms with Gasteiger partial charge in [0.1, 0.15) is 17.5 Å². The number of rotatable bonds is 1. The highest BCUT2D eigenvalue weighted by Gasteiger charge is 2.15. The molecule has 98 valence electrons. The van der Waals surface area contributed by atoms with E-state index in [1.165, 1.54) is 6.33 Å². The molecule has 0 spiro atoms. The Hall–Kier alpha value is -2.96.